The lowest BCUT2D eigenvalue weighted by atomic mass is 10.1. The Hall–Kier alpha value is -1.23. The number of hydrogen-bond donors (Lipinski definition) is 0. The average molecular weight is 300 g/mol. The Bertz CT molecular complexity index is 422. The number of amides is 1. The van der Waals surface area contributed by atoms with Crippen LogP contribution in [0.4, 0.5) is 0 Å². The molecule has 0 atom stereocenters. The molecule has 0 bridgehead atoms. The summed E-state index contributed by atoms with van der Waals surface area (Å²) in [4.78, 5) is 13.8. The van der Waals surface area contributed by atoms with E-state index < -0.39 is 0 Å². The van der Waals surface area contributed by atoms with Crippen LogP contribution < -0.4 is 9.47 Å². The maximum absolute atomic E-state index is 12.2. The van der Waals surface area contributed by atoms with Gasteiger partial charge in [0.1, 0.15) is 13.2 Å². The molecule has 1 heterocycles. The van der Waals surface area contributed by atoms with Crippen LogP contribution in [-0.2, 0) is 0 Å². The molecule has 5 heteroatoms. The van der Waals surface area contributed by atoms with Crippen LogP contribution in [0.1, 0.15) is 10.4 Å². The van der Waals surface area contributed by atoms with Crippen LogP contribution in [0.25, 0.3) is 0 Å². The summed E-state index contributed by atoms with van der Waals surface area (Å²) in [6, 6.07) is 5.39. The van der Waals surface area contributed by atoms with Gasteiger partial charge >= 0.3 is 0 Å². The Morgan fingerprint density at radius 1 is 1.41 bits per heavy atom. The summed E-state index contributed by atoms with van der Waals surface area (Å²) in [5, 5.41) is 0.752. The van der Waals surface area contributed by atoms with E-state index in [9.17, 15) is 4.79 Å². The van der Waals surface area contributed by atoms with Gasteiger partial charge in [0.05, 0.1) is 5.56 Å². The van der Waals surface area contributed by atoms with E-state index in [2.05, 4.69) is 15.9 Å². The Kier molecular flexibility index (Phi) is 3.89. The number of halogens is 1. The molecule has 2 rings (SSSR count). The fourth-order valence-corrected chi connectivity index (χ4v) is 2.21. The first-order chi connectivity index (χ1) is 8.24. The highest BCUT2D eigenvalue weighted by Gasteiger charge is 2.22. The fourth-order valence-electron chi connectivity index (χ4n) is 1.68. The number of carbonyl (C=O) groups is 1. The maximum Gasteiger partial charge on any atom is 0.257 e. The summed E-state index contributed by atoms with van der Waals surface area (Å²) in [7, 11) is 1.77. The third kappa shape index (κ3) is 2.54. The van der Waals surface area contributed by atoms with Crippen molar-refractivity contribution in [3.05, 3.63) is 23.8 Å². The predicted octanol–water partition coefficient (Wildman–Crippen LogP) is 1.92. The highest BCUT2D eigenvalue weighted by molar-refractivity contribution is 9.09. The first-order valence-corrected chi connectivity index (χ1v) is 6.56. The standard InChI is InChI=1S/C12H14BrNO3/c1-14(6-5-13)12(15)9-3-2-4-10-11(9)17-8-7-16-10/h2-4H,5-8H2,1H3. The second-order valence-electron chi connectivity index (χ2n) is 3.75. The van der Waals surface area contributed by atoms with E-state index in [0.29, 0.717) is 36.8 Å². The zero-order valence-corrected chi connectivity index (χ0v) is 11.2. The van der Waals surface area contributed by atoms with Crippen LogP contribution in [0.15, 0.2) is 18.2 Å². The normalized spacial score (nSPS) is 13.3. The Labute approximate surface area is 109 Å². The molecule has 1 aromatic carbocycles. The highest BCUT2D eigenvalue weighted by atomic mass is 79.9. The van der Waals surface area contributed by atoms with Gasteiger partial charge in [-0.1, -0.05) is 22.0 Å². The largest absolute Gasteiger partial charge is 0.486 e. The number of benzene rings is 1. The molecule has 0 spiro atoms. The van der Waals surface area contributed by atoms with Gasteiger partial charge in [0.15, 0.2) is 11.5 Å². The molecule has 17 heavy (non-hydrogen) atoms. The average Bonchev–Trinajstić information content (AvgIpc) is 2.37. The molecule has 0 aliphatic carbocycles. The number of hydrogen-bond acceptors (Lipinski definition) is 3. The van der Waals surface area contributed by atoms with Crippen LogP contribution in [0, 0.1) is 0 Å². The van der Waals surface area contributed by atoms with E-state index in [1.807, 2.05) is 12.1 Å². The van der Waals surface area contributed by atoms with E-state index in [-0.39, 0.29) is 5.91 Å². The first-order valence-electron chi connectivity index (χ1n) is 5.44. The van der Waals surface area contributed by atoms with Crippen molar-refractivity contribution >= 4 is 21.8 Å². The van der Waals surface area contributed by atoms with Crippen molar-refractivity contribution < 1.29 is 14.3 Å². The fraction of sp³-hybridized carbons (Fsp3) is 0.417. The number of ether oxygens (including phenoxy) is 2. The van der Waals surface area contributed by atoms with Gasteiger partial charge in [-0.05, 0) is 12.1 Å². The monoisotopic (exact) mass is 299 g/mol. The van der Waals surface area contributed by atoms with E-state index >= 15 is 0 Å². The number of para-hydroxylation sites is 1. The molecule has 1 aromatic rings. The van der Waals surface area contributed by atoms with Crippen LogP contribution in [0.2, 0.25) is 0 Å². The van der Waals surface area contributed by atoms with Gasteiger partial charge in [0.2, 0.25) is 0 Å². The molecule has 0 saturated heterocycles. The van der Waals surface area contributed by atoms with Crippen molar-refractivity contribution in [2.45, 2.75) is 0 Å². The van der Waals surface area contributed by atoms with E-state index in [1.165, 1.54) is 0 Å². The van der Waals surface area contributed by atoms with Gasteiger partial charge in [0, 0.05) is 18.9 Å². The number of alkyl halides is 1. The van der Waals surface area contributed by atoms with Crippen molar-refractivity contribution in [1.82, 2.24) is 4.90 Å². The molecule has 4 nitrogen and oxygen atoms in total. The molecule has 0 saturated carbocycles. The lowest BCUT2D eigenvalue weighted by Gasteiger charge is -2.23. The molecule has 0 unspecified atom stereocenters. The summed E-state index contributed by atoms with van der Waals surface area (Å²) < 4.78 is 11.0. The quantitative estimate of drug-likeness (QED) is 0.801. The minimum absolute atomic E-state index is 0.0493. The second-order valence-corrected chi connectivity index (χ2v) is 4.54. The highest BCUT2D eigenvalue weighted by Crippen LogP contribution is 2.34. The van der Waals surface area contributed by atoms with E-state index in [4.69, 9.17) is 9.47 Å². The SMILES string of the molecule is CN(CCBr)C(=O)c1cccc2c1OCCO2. The molecule has 1 amide bonds. The molecule has 0 radical (unpaired) electrons. The van der Waals surface area contributed by atoms with Gasteiger partial charge in [-0.2, -0.15) is 0 Å². The second kappa shape index (κ2) is 5.40. The minimum atomic E-state index is -0.0493. The molecule has 1 aliphatic heterocycles. The Balaban J connectivity index is 2.29. The molecular formula is C12H14BrNO3. The molecule has 92 valence electrons. The number of rotatable bonds is 3. The van der Waals surface area contributed by atoms with Crippen molar-refractivity contribution in [1.29, 1.82) is 0 Å². The Morgan fingerprint density at radius 3 is 2.94 bits per heavy atom. The summed E-state index contributed by atoms with van der Waals surface area (Å²) in [5.41, 5.74) is 0.561. The third-order valence-electron chi connectivity index (χ3n) is 2.56. The summed E-state index contributed by atoms with van der Waals surface area (Å²) in [6.07, 6.45) is 0. The lowest BCUT2D eigenvalue weighted by molar-refractivity contribution is 0.0793. The third-order valence-corrected chi connectivity index (χ3v) is 2.92. The lowest BCUT2D eigenvalue weighted by Crippen LogP contribution is -2.29. The maximum atomic E-state index is 12.2. The number of nitrogens with zero attached hydrogens (tertiary/aromatic N) is 1. The summed E-state index contributed by atoms with van der Waals surface area (Å²) >= 11 is 3.32. The van der Waals surface area contributed by atoms with Crippen molar-refractivity contribution in [2.75, 3.05) is 32.1 Å². The van der Waals surface area contributed by atoms with Crippen molar-refractivity contribution in [3.63, 3.8) is 0 Å². The van der Waals surface area contributed by atoms with Gasteiger partial charge in [0.25, 0.3) is 5.91 Å². The zero-order valence-electron chi connectivity index (χ0n) is 9.61. The molecule has 1 aliphatic rings. The first kappa shape index (κ1) is 12.2. The summed E-state index contributed by atoms with van der Waals surface area (Å²) in [5.74, 6) is 1.16. The smallest absolute Gasteiger partial charge is 0.257 e. The van der Waals surface area contributed by atoms with Gasteiger partial charge < -0.3 is 14.4 Å². The molecule has 0 aromatic heterocycles. The molecule has 0 fully saturated rings. The predicted molar refractivity (Wildman–Crippen MR) is 68.2 cm³/mol. The molecular weight excluding hydrogens is 286 g/mol. The van der Waals surface area contributed by atoms with Gasteiger partial charge in [-0.3, -0.25) is 4.79 Å². The van der Waals surface area contributed by atoms with Gasteiger partial charge in [-0.15, -0.1) is 0 Å². The zero-order chi connectivity index (χ0) is 12.3. The van der Waals surface area contributed by atoms with Crippen LogP contribution in [-0.4, -0.2) is 42.9 Å². The summed E-state index contributed by atoms with van der Waals surface area (Å²) in [6.45, 7) is 1.67. The van der Waals surface area contributed by atoms with Crippen molar-refractivity contribution in [2.24, 2.45) is 0 Å². The number of carbonyl (C=O) groups excluding carboxylic acids is 1. The van der Waals surface area contributed by atoms with Crippen LogP contribution in [0.3, 0.4) is 0 Å². The van der Waals surface area contributed by atoms with Crippen LogP contribution in [0.5, 0.6) is 11.5 Å². The van der Waals surface area contributed by atoms with Crippen molar-refractivity contribution in [3.8, 4) is 11.5 Å². The van der Waals surface area contributed by atoms with E-state index in [0.717, 1.165) is 5.33 Å². The number of fused-ring (bicyclic) bond motifs is 1. The molecule has 0 N–H and O–H groups in total. The minimum Gasteiger partial charge on any atom is -0.486 e. The topological polar surface area (TPSA) is 38.8 Å². The van der Waals surface area contributed by atoms with Gasteiger partial charge in [-0.25, -0.2) is 0 Å². The van der Waals surface area contributed by atoms with E-state index in [1.54, 1.807) is 18.0 Å². The Morgan fingerprint density at radius 2 is 2.18 bits per heavy atom. The van der Waals surface area contributed by atoms with Crippen LogP contribution >= 0.6 is 15.9 Å².